The third-order valence-electron chi connectivity index (χ3n) is 22.8. The average molecular weight is 2080 g/mol. The molecule has 10 rings (SSSR count). The van der Waals surface area contributed by atoms with Gasteiger partial charge in [0.25, 0.3) is 0 Å². The van der Waals surface area contributed by atoms with E-state index in [0.717, 1.165) is 55.6 Å². The summed E-state index contributed by atoms with van der Waals surface area (Å²) in [6, 6.07) is 83.4. The quantitative estimate of drug-likeness (QED) is 0.0168. The number of aliphatic hydroxyl groups is 5. The van der Waals surface area contributed by atoms with Crippen LogP contribution >= 0.6 is 0 Å². The molecule has 0 saturated heterocycles. The molecule has 820 valence electrons. The molecular formula is C120H165N5O25. The second-order valence-corrected chi connectivity index (χ2v) is 38.3. The highest BCUT2D eigenvalue weighted by molar-refractivity contribution is 5.78. The minimum Gasteiger partial charge on any atom is -0.508 e. The lowest BCUT2D eigenvalue weighted by Gasteiger charge is -2.21. The SMILES string of the molecule is CC(O)COC(C)COCC(Cc1ccc(O)cc1)NC(=O)CCc1ccccc1.C[C@@H](O)CO[C@@H](C)COCC(Cc1ccc(O)cc1)NC(=O)CCc1ccccc1.C[C@H](COCC(Cc1ccc(O)cc1)NC(=O)CCc1ccccc1)OC[C@@H](C)O.C[C@H](O)CO[C@@H](C)COCC(Cc1ccc(O)cc1)NC(=O)CCc1ccccc1.C[C@H](O)CO[C@H](C)COCC(Cc1ccc(O)cc1)NC(=O)CCc1ccccc1. The van der Waals surface area contributed by atoms with Crippen LogP contribution in [0.25, 0.3) is 0 Å². The summed E-state index contributed by atoms with van der Waals surface area (Å²) in [6.07, 6.45) is 5.11. The summed E-state index contributed by atoms with van der Waals surface area (Å²) in [7, 11) is 0. The number of nitrogens with one attached hydrogen (secondary N) is 5. The van der Waals surface area contributed by atoms with E-state index in [-0.39, 0.29) is 152 Å². The molecule has 0 fully saturated rings. The molecule has 30 heteroatoms. The number of hydrogen-bond donors (Lipinski definition) is 15. The van der Waals surface area contributed by atoms with Crippen molar-refractivity contribution < 1.29 is 122 Å². The Morgan fingerprint density at radius 3 is 0.467 bits per heavy atom. The van der Waals surface area contributed by atoms with Gasteiger partial charge >= 0.3 is 0 Å². The van der Waals surface area contributed by atoms with Crippen molar-refractivity contribution in [3.05, 3.63) is 329 Å². The third-order valence-corrected chi connectivity index (χ3v) is 22.8. The first-order chi connectivity index (χ1) is 72.1. The maximum Gasteiger partial charge on any atom is 0.220 e. The number of aromatic hydroxyl groups is 5. The van der Waals surface area contributed by atoms with Gasteiger partial charge in [0.2, 0.25) is 29.5 Å². The number of aliphatic hydroxyl groups excluding tert-OH is 5. The zero-order valence-electron chi connectivity index (χ0n) is 89.0. The molecule has 0 aliphatic rings. The van der Waals surface area contributed by atoms with Crippen LogP contribution in [0.1, 0.15) is 157 Å². The summed E-state index contributed by atoms with van der Waals surface area (Å²) in [5.74, 6) is 0.936. The average Bonchev–Trinajstić information content (AvgIpc) is 0.902. The molecule has 15 atom stereocenters. The first-order valence-corrected chi connectivity index (χ1v) is 52.0. The molecule has 0 aliphatic heterocycles. The predicted octanol–water partition coefficient (Wildman–Crippen LogP) is 14.3. The van der Waals surface area contributed by atoms with E-state index >= 15 is 0 Å². The predicted molar refractivity (Wildman–Crippen MR) is 582 cm³/mol. The van der Waals surface area contributed by atoms with E-state index in [1.165, 1.54) is 0 Å². The molecule has 150 heavy (non-hydrogen) atoms. The largest absolute Gasteiger partial charge is 0.508 e. The Morgan fingerprint density at radius 1 is 0.193 bits per heavy atom. The maximum atomic E-state index is 12.5. The van der Waals surface area contributed by atoms with E-state index in [0.29, 0.717) is 162 Å². The van der Waals surface area contributed by atoms with Gasteiger partial charge in [-0.05, 0) is 250 Å². The molecule has 0 bridgehead atoms. The van der Waals surface area contributed by atoms with Gasteiger partial charge in [-0.15, -0.1) is 0 Å². The zero-order valence-corrected chi connectivity index (χ0v) is 89.0. The van der Waals surface area contributed by atoms with Gasteiger partial charge in [-0.1, -0.05) is 212 Å². The molecule has 10 aromatic carbocycles. The fourth-order valence-corrected chi connectivity index (χ4v) is 15.0. The summed E-state index contributed by atoms with van der Waals surface area (Å²) < 4.78 is 56.4. The van der Waals surface area contributed by atoms with E-state index in [1.54, 1.807) is 95.3 Å². The standard InChI is InChI=1S/5C24H33NO5/c5*1-18(26)15-30-19(2)16-29-17-22(14-21-8-11-23(27)12-9-21)25-24(28)13-10-20-6-4-3-5-7-20/h5*3-9,11-12,18-19,22,26-27H,10,13-17H2,1-2H3,(H,25,28)/t2*18-,19+,22?;2*18-,19-,22?;/m1010./s1. The van der Waals surface area contributed by atoms with Crippen LogP contribution in [0.15, 0.2) is 273 Å². The van der Waals surface area contributed by atoms with Crippen LogP contribution in [0.5, 0.6) is 28.7 Å². The molecule has 5 amide bonds. The Bertz CT molecular complexity index is 4410. The first kappa shape index (κ1) is 127. The van der Waals surface area contributed by atoms with Gasteiger partial charge in [-0.25, -0.2) is 0 Å². The van der Waals surface area contributed by atoms with Crippen molar-refractivity contribution >= 4 is 29.5 Å². The number of benzene rings is 10. The van der Waals surface area contributed by atoms with E-state index in [2.05, 4.69) is 26.6 Å². The van der Waals surface area contributed by atoms with Crippen molar-refractivity contribution in [3.8, 4) is 28.7 Å². The van der Waals surface area contributed by atoms with Crippen molar-refractivity contribution in [2.45, 2.75) is 257 Å². The van der Waals surface area contributed by atoms with Gasteiger partial charge in [0.1, 0.15) is 28.7 Å². The fourth-order valence-electron chi connectivity index (χ4n) is 15.0. The number of phenols is 5. The number of carbonyl (C=O) groups is 5. The molecule has 7 unspecified atom stereocenters. The van der Waals surface area contributed by atoms with Gasteiger partial charge in [-0.2, -0.15) is 0 Å². The second kappa shape index (κ2) is 75.6. The highest BCUT2D eigenvalue weighted by Gasteiger charge is 2.23. The van der Waals surface area contributed by atoms with Gasteiger partial charge in [-0.3, -0.25) is 24.0 Å². The normalized spacial score (nSPS) is 14.1. The van der Waals surface area contributed by atoms with Crippen LogP contribution in [0, 0.1) is 0 Å². The molecule has 30 nitrogen and oxygen atoms in total. The Morgan fingerprint density at radius 2 is 0.333 bits per heavy atom. The summed E-state index contributed by atoms with van der Waals surface area (Å²) in [6.45, 7) is 22.7. The molecule has 0 aliphatic carbocycles. The van der Waals surface area contributed by atoms with Crippen LogP contribution in [0.2, 0.25) is 0 Å². The minimum absolute atomic E-state index is 0.0235. The second-order valence-electron chi connectivity index (χ2n) is 38.3. The van der Waals surface area contributed by atoms with Crippen molar-refractivity contribution in [2.24, 2.45) is 0 Å². The van der Waals surface area contributed by atoms with Crippen molar-refractivity contribution in [1.29, 1.82) is 0 Å². The van der Waals surface area contributed by atoms with Crippen molar-refractivity contribution in [3.63, 3.8) is 0 Å². The molecule has 10 aromatic rings. The lowest BCUT2D eigenvalue weighted by Crippen LogP contribution is -2.40. The summed E-state index contributed by atoms with van der Waals surface area (Å²) >= 11 is 0. The summed E-state index contributed by atoms with van der Waals surface area (Å²) in [5.41, 5.74) is 10.7. The molecule has 0 saturated carbocycles. The van der Waals surface area contributed by atoms with E-state index in [1.807, 2.05) is 247 Å². The third kappa shape index (κ3) is 63.2. The number of phenolic OH excluding ortho intramolecular Hbond substituents is 5. The van der Waals surface area contributed by atoms with E-state index in [9.17, 15) is 75.0 Å². The van der Waals surface area contributed by atoms with Crippen LogP contribution in [0.4, 0.5) is 0 Å². The Kier molecular flexibility index (Phi) is 63.8. The van der Waals surface area contributed by atoms with Crippen LogP contribution < -0.4 is 26.6 Å². The van der Waals surface area contributed by atoms with Crippen molar-refractivity contribution in [2.75, 3.05) is 99.1 Å². The lowest BCUT2D eigenvalue weighted by atomic mass is 10.1. The Hall–Kier alpha value is -12.1. The topological polar surface area (TPSA) is 440 Å². The van der Waals surface area contributed by atoms with Gasteiger partial charge in [0.15, 0.2) is 0 Å². The van der Waals surface area contributed by atoms with Gasteiger partial charge in [0.05, 0.1) is 190 Å². The Labute approximate surface area is 886 Å². The number of carbonyl (C=O) groups excluding carboxylic acids is 5. The number of amides is 5. The Balaban J connectivity index is 0.000000286. The monoisotopic (exact) mass is 2080 g/mol. The molecule has 0 spiro atoms. The minimum atomic E-state index is -0.515. The summed E-state index contributed by atoms with van der Waals surface area (Å²) in [4.78, 5) is 62.4. The van der Waals surface area contributed by atoms with E-state index in [4.69, 9.17) is 47.4 Å². The molecule has 0 aromatic heterocycles. The van der Waals surface area contributed by atoms with Gasteiger partial charge < -0.3 is 125 Å². The molecule has 0 heterocycles. The van der Waals surface area contributed by atoms with Gasteiger partial charge in [0, 0.05) is 32.1 Å². The van der Waals surface area contributed by atoms with Crippen molar-refractivity contribution in [1.82, 2.24) is 26.6 Å². The number of aryl methyl sites for hydroxylation is 5. The number of rotatable bonds is 65. The van der Waals surface area contributed by atoms with Crippen LogP contribution in [-0.2, 0) is 136 Å². The number of hydrogen-bond acceptors (Lipinski definition) is 25. The smallest absolute Gasteiger partial charge is 0.220 e. The first-order valence-electron chi connectivity index (χ1n) is 52.0. The fraction of sp³-hybridized carbons (Fsp3) is 0.458. The highest BCUT2D eigenvalue weighted by atomic mass is 16.6. The summed E-state index contributed by atoms with van der Waals surface area (Å²) in [5, 5.41) is 109. The molecule has 0 radical (unpaired) electrons. The highest BCUT2D eigenvalue weighted by Crippen LogP contribution is 2.21. The number of ether oxygens (including phenoxy) is 10. The molecule has 15 N–H and O–H groups in total. The maximum absolute atomic E-state index is 12.5. The van der Waals surface area contributed by atoms with Crippen LogP contribution in [-0.4, -0.2) is 271 Å². The molecular weight excluding hydrogens is 1910 g/mol. The van der Waals surface area contributed by atoms with E-state index < -0.39 is 30.5 Å². The lowest BCUT2D eigenvalue weighted by molar-refractivity contribution is -0.123. The van der Waals surface area contributed by atoms with Crippen LogP contribution in [0.3, 0.4) is 0 Å². The zero-order chi connectivity index (χ0) is 109.